The number of hydrogen-bond donors (Lipinski definition) is 1. The van der Waals surface area contributed by atoms with Crippen molar-refractivity contribution in [2.45, 2.75) is 36.5 Å². The topological polar surface area (TPSA) is 86.2 Å². The number of fused-ring (bicyclic) bond motifs is 1. The highest BCUT2D eigenvalue weighted by atomic mass is 32.2. The maximum atomic E-state index is 14.9. The van der Waals surface area contributed by atoms with Gasteiger partial charge in [0.2, 0.25) is 0 Å². The average Bonchev–Trinajstić information content (AvgIpc) is 3.04. The Bertz CT molecular complexity index is 659. The van der Waals surface area contributed by atoms with Gasteiger partial charge in [-0.05, 0) is 17.3 Å². The lowest BCUT2D eigenvalue weighted by molar-refractivity contribution is -0.164. The largest absolute Gasteiger partial charge is 0.414 e. The molecule has 9 heteroatoms. The lowest BCUT2D eigenvalue weighted by atomic mass is 10.00. The Morgan fingerprint density at radius 1 is 1.44 bits per heavy atom. The number of amides is 1. The number of carbonyl (C=O) groups excluding carboxylic acids is 2. The van der Waals surface area contributed by atoms with Gasteiger partial charge in [-0.1, -0.05) is 30.3 Å². The molecule has 0 aliphatic carbocycles. The van der Waals surface area contributed by atoms with Crippen LogP contribution in [0.3, 0.4) is 0 Å². The number of benzene rings is 1. The Balaban J connectivity index is 1.69. The first-order valence-electron chi connectivity index (χ1n) is 7.66. The summed E-state index contributed by atoms with van der Waals surface area (Å²) < 4.78 is 31.0. The van der Waals surface area contributed by atoms with Crippen molar-refractivity contribution < 1.29 is 28.2 Å². The standard InChI is InChI=1S/C16H17FN2O5S/c1-18-15(21)24-16-19-12-11(17)13(10(7-20)23-14(12)25-16)22-8-9-5-3-2-4-6-9/h2-7,10-14H,8H2,1H3,(H,18,21)/t10-,11+,12-,13-,14-/m1/s1. The molecule has 1 amide bonds. The molecule has 2 aliphatic heterocycles. The minimum Gasteiger partial charge on any atom is -0.385 e. The molecule has 1 aromatic rings. The molecule has 0 radical (unpaired) electrons. The fourth-order valence-electron chi connectivity index (χ4n) is 2.56. The lowest BCUT2D eigenvalue weighted by Crippen LogP contribution is -2.54. The van der Waals surface area contributed by atoms with Gasteiger partial charge in [0.15, 0.2) is 12.5 Å². The van der Waals surface area contributed by atoms with Crippen molar-refractivity contribution in [2.75, 3.05) is 7.05 Å². The number of rotatable bonds is 4. The van der Waals surface area contributed by atoms with Gasteiger partial charge in [-0.3, -0.25) is 0 Å². The fourth-order valence-corrected chi connectivity index (χ4v) is 3.60. The van der Waals surface area contributed by atoms with Gasteiger partial charge < -0.3 is 24.3 Å². The summed E-state index contributed by atoms with van der Waals surface area (Å²) in [5.41, 5.74) is 0.121. The fraction of sp³-hybridized carbons (Fsp3) is 0.438. The molecule has 0 unspecified atom stereocenters. The van der Waals surface area contributed by atoms with Crippen LogP contribution in [-0.2, 0) is 25.6 Å². The predicted octanol–water partition coefficient (Wildman–Crippen LogP) is 1.66. The summed E-state index contributed by atoms with van der Waals surface area (Å²) in [6, 6.07) is 8.33. The van der Waals surface area contributed by atoms with Crippen molar-refractivity contribution in [1.29, 1.82) is 0 Å². The zero-order valence-corrected chi connectivity index (χ0v) is 14.1. The van der Waals surface area contributed by atoms with Gasteiger partial charge in [0, 0.05) is 7.05 Å². The second-order valence-corrected chi connectivity index (χ2v) is 6.50. The van der Waals surface area contributed by atoms with Crippen LogP contribution in [0.2, 0.25) is 0 Å². The zero-order chi connectivity index (χ0) is 17.8. The van der Waals surface area contributed by atoms with Crippen molar-refractivity contribution in [3.8, 4) is 0 Å². The van der Waals surface area contributed by atoms with Gasteiger partial charge in [-0.2, -0.15) is 0 Å². The lowest BCUT2D eigenvalue weighted by Gasteiger charge is -2.36. The van der Waals surface area contributed by atoms with E-state index in [9.17, 15) is 14.0 Å². The molecule has 2 heterocycles. The number of halogens is 1. The molecular formula is C16H17FN2O5S. The number of thioether (sulfide) groups is 1. The number of alkyl halides is 1. The Morgan fingerprint density at radius 2 is 2.20 bits per heavy atom. The molecule has 1 aromatic carbocycles. The van der Waals surface area contributed by atoms with Gasteiger partial charge in [0.1, 0.15) is 23.7 Å². The van der Waals surface area contributed by atoms with E-state index in [-0.39, 0.29) is 11.8 Å². The Hall–Kier alpha value is -1.97. The third kappa shape index (κ3) is 4.00. The second kappa shape index (κ2) is 7.94. The summed E-state index contributed by atoms with van der Waals surface area (Å²) in [5.74, 6) is 0. The minimum atomic E-state index is -1.56. The van der Waals surface area contributed by atoms with Gasteiger partial charge in [0.05, 0.1) is 6.61 Å². The summed E-state index contributed by atoms with van der Waals surface area (Å²) >= 11 is 0.968. The zero-order valence-electron chi connectivity index (χ0n) is 13.3. The maximum Gasteiger partial charge on any atom is 0.414 e. The molecule has 25 heavy (non-hydrogen) atoms. The smallest absolute Gasteiger partial charge is 0.385 e. The molecule has 0 aromatic heterocycles. The predicted molar refractivity (Wildman–Crippen MR) is 89.0 cm³/mol. The first-order valence-corrected chi connectivity index (χ1v) is 8.54. The van der Waals surface area contributed by atoms with E-state index in [4.69, 9.17) is 14.2 Å². The summed E-state index contributed by atoms with van der Waals surface area (Å²) in [6.07, 6.45) is -3.87. The van der Waals surface area contributed by atoms with Crippen LogP contribution in [0, 0.1) is 0 Å². The SMILES string of the molecule is CNC(=O)OC1=N[C@@H]2[C@H](F)[C@H](OCc3ccccc3)[C@@H](C=O)O[C@@H]2S1. The number of nitrogens with one attached hydrogen (secondary N) is 1. The molecular weight excluding hydrogens is 351 g/mol. The number of carbonyl (C=O) groups is 2. The highest BCUT2D eigenvalue weighted by Gasteiger charge is 2.51. The van der Waals surface area contributed by atoms with E-state index in [1.165, 1.54) is 7.05 Å². The monoisotopic (exact) mass is 368 g/mol. The maximum absolute atomic E-state index is 14.9. The van der Waals surface area contributed by atoms with Crippen molar-refractivity contribution >= 4 is 29.4 Å². The highest BCUT2D eigenvalue weighted by molar-refractivity contribution is 8.14. The summed E-state index contributed by atoms with van der Waals surface area (Å²) in [6.45, 7) is 0.148. The molecule has 0 saturated carbocycles. The van der Waals surface area contributed by atoms with E-state index in [1.807, 2.05) is 30.3 Å². The summed E-state index contributed by atoms with van der Waals surface area (Å²) in [4.78, 5) is 26.6. The van der Waals surface area contributed by atoms with Gasteiger partial charge in [-0.25, -0.2) is 14.2 Å². The molecule has 1 fully saturated rings. The molecule has 0 bridgehead atoms. The number of ether oxygens (including phenoxy) is 3. The van der Waals surface area contributed by atoms with Crippen molar-refractivity contribution in [3.05, 3.63) is 35.9 Å². The van der Waals surface area contributed by atoms with E-state index in [2.05, 4.69) is 10.3 Å². The van der Waals surface area contributed by atoms with Gasteiger partial charge in [0.25, 0.3) is 5.23 Å². The van der Waals surface area contributed by atoms with E-state index in [0.29, 0.717) is 6.29 Å². The number of hydrogen-bond acceptors (Lipinski definition) is 7. The number of nitrogens with zero attached hydrogens (tertiary/aromatic N) is 1. The number of aliphatic imine (C=N–C) groups is 1. The minimum absolute atomic E-state index is 0.00496. The molecule has 2 aliphatic rings. The Kier molecular flexibility index (Phi) is 5.67. The Morgan fingerprint density at radius 3 is 2.88 bits per heavy atom. The van der Waals surface area contributed by atoms with Gasteiger partial charge >= 0.3 is 6.09 Å². The van der Waals surface area contributed by atoms with Crippen LogP contribution in [0.15, 0.2) is 35.3 Å². The quantitative estimate of drug-likeness (QED) is 0.814. The van der Waals surface area contributed by atoms with Crippen LogP contribution in [0.5, 0.6) is 0 Å². The normalized spacial score (nSPS) is 31.0. The van der Waals surface area contributed by atoms with Crippen LogP contribution < -0.4 is 5.32 Å². The number of alkyl carbamates (subject to hydrolysis) is 1. The molecule has 1 saturated heterocycles. The van der Waals surface area contributed by atoms with Crippen LogP contribution in [0.1, 0.15) is 5.56 Å². The molecule has 5 atom stereocenters. The van der Waals surface area contributed by atoms with Crippen LogP contribution in [0.25, 0.3) is 0 Å². The molecule has 1 N–H and O–H groups in total. The van der Waals surface area contributed by atoms with Crippen LogP contribution in [-0.4, -0.2) is 54.5 Å². The highest BCUT2D eigenvalue weighted by Crippen LogP contribution is 2.38. The first-order chi connectivity index (χ1) is 12.1. The van der Waals surface area contributed by atoms with E-state index in [1.54, 1.807) is 0 Å². The van der Waals surface area contributed by atoms with Crippen LogP contribution in [0.4, 0.5) is 9.18 Å². The van der Waals surface area contributed by atoms with Crippen LogP contribution >= 0.6 is 11.8 Å². The van der Waals surface area contributed by atoms with E-state index in [0.717, 1.165) is 17.3 Å². The first kappa shape index (κ1) is 17.8. The summed E-state index contributed by atoms with van der Waals surface area (Å²) in [5, 5.41) is 2.29. The van der Waals surface area contributed by atoms with E-state index >= 15 is 0 Å². The molecule has 7 nitrogen and oxygen atoms in total. The molecule has 3 rings (SSSR count). The van der Waals surface area contributed by atoms with Gasteiger partial charge in [-0.15, -0.1) is 0 Å². The van der Waals surface area contributed by atoms with E-state index < -0.39 is 36.0 Å². The summed E-state index contributed by atoms with van der Waals surface area (Å²) in [7, 11) is 1.40. The third-order valence-electron chi connectivity index (χ3n) is 3.81. The molecule has 134 valence electrons. The van der Waals surface area contributed by atoms with Crippen molar-refractivity contribution in [3.63, 3.8) is 0 Å². The average molecular weight is 368 g/mol. The Labute approximate surface area is 147 Å². The molecule has 0 spiro atoms. The third-order valence-corrected chi connectivity index (χ3v) is 4.82. The second-order valence-electron chi connectivity index (χ2n) is 5.45. The van der Waals surface area contributed by atoms with Crippen molar-refractivity contribution in [2.24, 2.45) is 4.99 Å². The van der Waals surface area contributed by atoms with Crippen molar-refractivity contribution in [1.82, 2.24) is 5.32 Å². The number of aldehydes is 1.